The number of Topliss-reactive ketones (excluding diaryl/α,β-unsaturated/α-hetero) is 1. The van der Waals surface area contributed by atoms with Gasteiger partial charge in [-0.1, -0.05) is 71.6 Å². The molecule has 3 heteroatoms. The molecule has 0 radical (unpaired) electrons. The Kier molecular flexibility index (Phi) is 13.2. The highest BCUT2D eigenvalue weighted by Gasteiger charge is 2.30. The van der Waals surface area contributed by atoms with Gasteiger partial charge >= 0.3 is 5.97 Å². The summed E-state index contributed by atoms with van der Waals surface area (Å²) in [5.41, 5.74) is 0. The third kappa shape index (κ3) is 9.97. The third-order valence-electron chi connectivity index (χ3n) is 4.31. The number of unbranched alkanes of at least 4 members (excludes halogenated alkanes) is 8. The molecular weight excluding hydrogens is 276 g/mol. The van der Waals surface area contributed by atoms with Gasteiger partial charge in [-0.15, -0.1) is 0 Å². The van der Waals surface area contributed by atoms with Gasteiger partial charge in [-0.3, -0.25) is 9.59 Å². The van der Waals surface area contributed by atoms with Gasteiger partial charge in [-0.05, 0) is 26.2 Å². The van der Waals surface area contributed by atoms with Crippen LogP contribution in [0.5, 0.6) is 0 Å². The zero-order chi connectivity index (χ0) is 16.8. The van der Waals surface area contributed by atoms with Gasteiger partial charge in [-0.2, -0.15) is 0 Å². The molecule has 0 rings (SSSR count). The molecule has 3 nitrogen and oxygen atoms in total. The van der Waals surface area contributed by atoms with Crippen LogP contribution in [0.4, 0.5) is 0 Å². The molecule has 0 saturated heterocycles. The Hall–Kier alpha value is -0.860. The highest BCUT2D eigenvalue weighted by atomic mass is 16.5. The summed E-state index contributed by atoms with van der Waals surface area (Å²) < 4.78 is 5.02. The molecule has 0 bridgehead atoms. The lowest BCUT2D eigenvalue weighted by Gasteiger charge is -2.19. The Morgan fingerprint density at radius 2 is 1.36 bits per heavy atom. The van der Waals surface area contributed by atoms with Crippen molar-refractivity contribution in [3.63, 3.8) is 0 Å². The smallest absolute Gasteiger partial charge is 0.316 e. The second-order valence-electron chi connectivity index (χ2n) is 6.43. The first-order valence-corrected chi connectivity index (χ1v) is 9.21. The number of carbonyl (C=O) groups excluding carboxylic acids is 2. The van der Waals surface area contributed by atoms with E-state index in [0.717, 1.165) is 12.8 Å². The summed E-state index contributed by atoms with van der Waals surface area (Å²) in [4.78, 5) is 23.5. The second kappa shape index (κ2) is 13.8. The van der Waals surface area contributed by atoms with Crippen LogP contribution in [-0.2, 0) is 14.3 Å². The third-order valence-corrected chi connectivity index (χ3v) is 4.31. The van der Waals surface area contributed by atoms with Gasteiger partial charge in [0.25, 0.3) is 0 Å². The van der Waals surface area contributed by atoms with Gasteiger partial charge in [0.1, 0.15) is 11.7 Å². The zero-order valence-electron chi connectivity index (χ0n) is 15.2. The first-order valence-electron chi connectivity index (χ1n) is 9.21. The molecule has 0 aromatic carbocycles. The predicted octanol–water partition coefficient (Wildman–Crippen LogP) is 5.31. The largest absolute Gasteiger partial charge is 0.465 e. The van der Waals surface area contributed by atoms with Crippen LogP contribution in [0.15, 0.2) is 0 Å². The minimum Gasteiger partial charge on any atom is -0.465 e. The van der Waals surface area contributed by atoms with Crippen molar-refractivity contribution in [3.8, 4) is 0 Å². The molecule has 0 aliphatic heterocycles. The standard InChI is InChI=1S/C19H36O3/c1-5-7-8-9-10-11-12-13-14-15-16(3)18(17(4)20)19(21)22-6-2/h16,18H,5-15H2,1-4H3. The number of hydrogen-bond acceptors (Lipinski definition) is 3. The number of carbonyl (C=O) groups is 2. The van der Waals surface area contributed by atoms with E-state index >= 15 is 0 Å². The van der Waals surface area contributed by atoms with Gasteiger partial charge in [0.2, 0.25) is 0 Å². The Balaban J connectivity index is 3.79. The maximum Gasteiger partial charge on any atom is 0.316 e. The first-order chi connectivity index (χ1) is 10.5. The summed E-state index contributed by atoms with van der Waals surface area (Å²) in [6.45, 7) is 7.85. The summed E-state index contributed by atoms with van der Waals surface area (Å²) >= 11 is 0. The fourth-order valence-corrected chi connectivity index (χ4v) is 2.97. The lowest BCUT2D eigenvalue weighted by Crippen LogP contribution is -2.30. The quantitative estimate of drug-likeness (QED) is 0.248. The molecule has 0 amide bonds. The zero-order valence-corrected chi connectivity index (χ0v) is 15.2. The van der Waals surface area contributed by atoms with Crippen molar-refractivity contribution in [3.05, 3.63) is 0 Å². The van der Waals surface area contributed by atoms with E-state index in [0.29, 0.717) is 6.61 Å². The van der Waals surface area contributed by atoms with Crippen molar-refractivity contribution < 1.29 is 14.3 Å². The van der Waals surface area contributed by atoms with Crippen LogP contribution in [0.3, 0.4) is 0 Å². The van der Waals surface area contributed by atoms with Crippen molar-refractivity contribution in [1.29, 1.82) is 0 Å². The number of rotatable bonds is 14. The Bertz CT molecular complexity index is 299. The van der Waals surface area contributed by atoms with Crippen LogP contribution < -0.4 is 0 Å². The first kappa shape index (κ1) is 21.1. The minimum absolute atomic E-state index is 0.0677. The molecule has 0 fully saturated rings. The van der Waals surface area contributed by atoms with Crippen LogP contribution in [0, 0.1) is 11.8 Å². The van der Waals surface area contributed by atoms with E-state index in [1.807, 2.05) is 6.92 Å². The lowest BCUT2D eigenvalue weighted by molar-refractivity contribution is -0.153. The Morgan fingerprint density at radius 3 is 1.82 bits per heavy atom. The van der Waals surface area contributed by atoms with E-state index < -0.39 is 5.92 Å². The van der Waals surface area contributed by atoms with E-state index in [-0.39, 0.29) is 17.7 Å². The minimum atomic E-state index is -0.575. The molecule has 0 N–H and O–H groups in total. The molecule has 0 aliphatic carbocycles. The van der Waals surface area contributed by atoms with Gasteiger partial charge in [0, 0.05) is 0 Å². The van der Waals surface area contributed by atoms with Crippen molar-refractivity contribution >= 4 is 11.8 Å². The van der Waals surface area contributed by atoms with E-state index in [1.54, 1.807) is 6.92 Å². The summed E-state index contributed by atoms with van der Waals surface area (Å²) in [6, 6.07) is 0. The second-order valence-corrected chi connectivity index (χ2v) is 6.43. The molecule has 130 valence electrons. The van der Waals surface area contributed by atoms with Crippen LogP contribution in [0.2, 0.25) is 0 Å². The monoisotopic (exact) mass is 312 g/mol. The SMILES string of the molecule is CCCCCCCCCCCC(C)C(C(C)=O)C(=O)OCC. The number of hydrogen-bond donors (Lipinski definition) is 0. The van der Waals surface area contributed by atoms with Crippen LogP contribution in [0.25, 0.3) is 0 Å². The van der Waals surface area contributed by atoms with Crippen molar-refractivity contribution in [2.24, 2.45) is 11.8 Å². The van der Waals surface area contributed by atoms with Gasteiger partial charge < -0.3 is 4.74 Å². The Labute approximate surface area is 137 Å². The average Bonchev–Trinajstić information content (AvgIpc) is 2.45. The van der Waals surface area contributed by atoms with Gasteiger partial charge in [-0.25, -0.2) is 0 Å². The van der Waals surface area contributed by atoms with Crippen molar-refractivity contribution in [2.45, 2.75) is 91.9 Å². The number of ether oxygens (including phenoxy) is 1. The normalized spacial score (nSPS) is 13.6. The van der Waals surface area contributed by atoms with Crippen molar-refractivity contribution in [2.75, 3.05) is 6.61 Å². The molecular formula is C19H36O3. The molecule has 0 aromatic rings. The molecule has 0 saturated carbocycles. The van der Waals surface area contributed by atoms with E-state index in [1.165, 1.54) is 58.3 Å². The maximum atomic E-state index is 11.8. The summed E-state index contributed by atoms with van der Waals surface area (Å²) in [7, 11) is 0. The van der Waals surface area contributed by atoms with Crippen LogP contribution in [-0.4, -0.2) is 18.4 Å². The van der Waals surface area contributed by atoms with Crippen LogP contribution in [0.1, 0.15) is 91.9 Å². The van der Waals surface area contributed by atoms with Gasteiger partial charge in [0.05, 0.1) is 6.61 Å². The molecule has 0 spiro atoms. The van der Waals surface area contributed by atoms with Crippen molar-refractivity contribution in [1.82, 2.24) is 0 Å². The molecule has 2 unspecified atom stereocenters. The molecule has 0 aromatic heterocycles. The number of ketones is 1. The Morgan fingerprint density at radius 1 is 0.864 bits per heavy atom. The lowest BCUT2D eigenvalue weighted by atomic mass is 9.86. The highest BCUT2D eigenvalue weighted by molar-refractivity contribution is 5.98. The highest BCUT2D eigenvalue weighted by Crippen LogP contribution is 2.22. The molecule has 2 atom stereocenters. The molecule has 0 aliphatic rings. The van der Waals surface area contributed by atoms with Gasteiger partial charge in [0.15, 0.2) is 0 Å². The van der Waals surface area contributed by atoms with E-state index in [2.05, 4.69) is 6.92 Å². The fourth-order valence-electron chi connectivity index (χ4n) is 2.97. The summed E-state index contributed by atoms with van der Waals surface area (Å²) in [5.74, 6) is -0.907. The van der Waals surface area contributed by atoms with E-state index in [9.17, 15) is 9.59 Å². The predicted molar refractivity (Wildman–Crippen MR) is 91.8 cm³/mol. The number of esters is 1. The molecule has 0 heterocycles. The topological polar surface area (TPSA) is 43.4 Å². The van der Waals surface area contributed by atoms with Crippen LogP contribution >= 0.6 is 0 Å². The summed E-state index contributed by atoms with van der Waals surface area (Å²) in [6.07, 6.45) is 12.5. The average molecular weight is 312 g/mol. The molecule has 22 heavy (non-hydrogen) atoms. The fraction of sp³-hybridized carbons (Fsp3) is 0.895. The van der Waals surface area contributed by atoms with E-state index in [4.69, 9.17) is 4.74 Å². The maximum absolute atomic E-state index is 11.8. The summed E-state index contributed by atoms with van der Waals surface area (Å²) in [5, 5.41) is 0.